The van der Waals surface area contributed by atoms with Gasteiger partial charge >= 0.3 is 5.63 Å². The van der Waals surface area contributed by atoms with Gasteiger partial charge < -0.3 is 4.42 Å². The monoisotopic (exact) mass is 389 g/mol. The molecule has 4 aromatic rings. The number of benzene rings is 2. The standard InChI is InChI=1S/C21H15N3O3S/c1-12(22-16-9-5-3-7-14(16)13(2)25)20-24-18(11-28-20)19-23-17-10-6-4-8-15(17)21(26)27-19/h3-11H,1-2H3. The van der Waals surface area contributed by atoms with E-state index >= 15 is 0 Å². The summed E-state index contributed by atoms with van der Waals surface area (Å²) in [7, 11) is 0. The van der Waals surface area contributed by atoms with Crippen molar-refractivity contribution in [1.29, 1.82) is 0 Å². The second-order valence-corrected chi connectivity index (χ2v) is 6.99. The van der Waals surface area contributed by atoms with Gasteiger partial charge in [0.2, 0.25) is 5.89 Å². The molecule has 138 valence electrons. The fraction of sp³-hybridized carbons (Fsp3) is 0.0952. The Balaban J connectivity index is 1.72. The molecule has 0 spiro atoms. The third kappa shape index (κ3) is 3.39. The number of hydrogen-bond acceptors (Lipinski definition) is 7. The van der Waals surface area contributed by atoms with Gasteiger partial charge in [-0.2, -0.15) is 0 Å². The van der Waals surface area contributed by atoms with Crippen LogP contribution in [0.5, 0.6) is 0 Å². The first kappa shape index (κ1) is 17.9. The maximum atomic E-state index is 12.2. The van der Waals surface area contributed by atoms with E-state index in [1.807, 2.05) is 19.1 Å². The second-order valence-electron chi connectivity index (χ2n) is 6.13. The van der Waals surface area contributed by atoms with Crippen molar-refractivity contribution in [3.05, 3.63) is 74.9 Å². The lowest BCUT2D eigenvalue weighted by Crippen LogP contribution is -2.03. The second kappa shape index (κ2) is 7.28. The summed E-state index contributed by atoms with van der Waals surface area (Å²) in [5, 5.41) is 2.86. The van der Waals surface area contributed by atoms with Gasteiger partial charge in [0.25, 0.3) is 0 Å². The van der Waals surface area contributed by atoms with Gasteiger partial charge in [-0.05, 0) is 38.1 Å². The largest absolute Gasteiger partial charge is 0.401 e. The lowest BCUT2D eigenvalue weighted by atomic mass is 10.1. The molecular weight excluding hydrogens is 374 g/mol. The zero-order valence-electron chi connectivity index (χ0n) is 15.2. The highest BCUT2D eigenvalue weighted by atomic mass is 32.1. The summed E-state index contributed by atoms with van der Waals surface area (Å²) in [6.07, 6.45) is 0. The van der Waals surface area contributed by atoms with Crippen LogP contribution in [0.15, 0.2) is 68.1 Å². The number of carbonyl (C=O) groups excluding carboxylic acids is 1. The predicted octanol–water partition coefficient (Wildman–Crippen LogP) is 4.65. The van der Waals surface area contributed by atoms with Crippen LogP contribution in [0, 0.1) is 0 Å². The van der Waals surface area contributed by atoms with Crippen LogP contribution in [0.3, 0.4) is 0 Å². The van der Waals surface area contributed by atoms with Crippen molar-refractivity contribution in [2.24, 2.45) is 4.99 Å². The van der Waals surface area contributed by atoms with Gasteiger partial charge in [-0.3, -0.25) is 4.79 Å². The number of Topliss-reactive ketones (excluding diaryl/α,β-unsaturated/α-hetero) is 1. The molecule has 4 rings (SSSR count). The van der Waals surface area contributed by atoms with Gasteiger partial charge in [0.15, 0.2) is 5.78 Å². The van der Waals surface area contributed by atoms with Gasteiger partial charge in [0.1, 0.15) is 10.7 Å². The number of ketones is 1. The van der Waals surface area contributed by atoms with Gasteiger partial charge in [-0.15, -0.1) is 11.3 Å². The maximum Gasteiger partial charge on any atom is 0.347 e. The summed E-state index contributed by atoms with van der Waals surface area (Å²) >= 11 is 1.37. The molecule has 0 radical (unpaired) electrons. The SMILES string of the molecule is CC(=O)c1ccccc1N=C(C)c1nc(-c2nc3ccccc3c(=O)o2)cs1. The number of aromatic nitrogens is 2. The van der Waals surface area contributed by atoms with Gasteiger partial charge in [-0.25, -0.2) is 19.8 Å². The number of para-hydroxylation sites is 2. The molecule has 0 aliphatic heterocycles. The highest BCUT2D eigenvalue weighted by Crippen LogP contribution is 2.24. The molecule has 2 aromatic heterocycles. The molecule has 0 bridgehead atoms. The van der Waals surface area contributed by atoms with Crippen LogP contribution in [-0.2, 0) is 0 Å². The van der Waals surface area contributed by atoms with E-state index < -0.39 is 5.63 Å². The van der Waals surface area contributed by atoms with Crippen LogP contribution in [0.25, 0.3) is 22.5 Å². The van der Waals surface area contributed by atoms with Crippen LogP contribution in [0.1, 0.15) is 29.2 Å². The minimum Gasteiger partial charge on any atom is -0.401 e. The number of rotatable bonds is 4. The molecule has 2 aromatic carbocycles. The third-order valence-corrected chi connectivity index (χ3v) is 5.09. The van der Waals surface area contributed by atoms with Crippen LogP contribution < -0.4 is 5.63 Å². The van der Waals surface area contributed by atoms with Crippen molar-refractivity contribution in [3.8, 4) is 11.6 Å². The average molecular weight is 389 g/mol. The molecule has 0 atom stereocenters. The predicted molar refractivity (Wildman–Crippen MR) is 110 cm³/mol. The number of fused-ring (bicyclic) bond motifs is 1. The maximum absolute atomic E-state index is 12.2. The topological polar surface area (TPSA) is 85.4 Å². The fourth-order valence-electron chi connectivity index (χ4n) is 2.76. The van der Waals surface area contributed by atoms with Crippen molar-refractivity contribution < 1.29 is 9.21 Å². The number of aliphatic imine (C=N–C) groups is 1. The van der Waals surface area contributed by atoms with Gasteiger partial charge in [0, 0.05) is 10.9 Å². The summed E-state index contributed by atoms with van der Waals surface area (Å²) < 4.78 is 5.33. The molecule has 0 aliphatic rings. The lowest BCUT2D eigenvalue weighted by Gasteiger charge is -2.02. The van der Waals surface area contributed by atoms with Crippen molar-refractivity contribution in [3.63, 3.8) is 0 Å². The average Bonchev–Trinajstić information content (AvgIpc) is 3.19. The molecule has 28 heavy (non-hydrogen) atoms. The van der Waals surface area contributed by atoms with E-state index in [2.05, 4.69) is 15.0 Å². The molecular formula is C21H15N3O3S. The zero-order valence-corrected chi connectivity index (χ0v) is 16.0. The first-order valence-electron chi connectivity index (χ1n) is 8.54. The quantitative estimate of drug-likeness (QED) is 0.374. The Kier molecular flexibility index (Phi) is 4.67. The molecule has 7 heteroatoms. The lowest BCUT2D eigenvalue weighted by molar-refractivity contribution is 0.101. The van der Waals surface area contributed by atoms with E-state index in [9.17, 15) is 9.59 Å². The molecule has 0 N–H and O–H groups in total. The summed E-state index contributed by atoms with van der Waals surface area (Å²) in [6, 6.07) is 14.2. The van der Waals surface area contributed by atoms with E-state index in [1.54, 1.807) is 41.8 Å². The van der Waals surface area contributed by atoms with Crippen LogP contribution >= 0.6 is 11.3 Å². The van der Waals surface area contributed by atoms with Gasteiger partial charge in [0.05, 0.1) is 22.3 Å². The van der Waals surface area contributed by atoms with Crippen molar-refractivity contribution in [2.45, 2.75) is 13.8 Å². The normalized spacial score (nSPS) is 11.7. The smallest absolute Gasteiger partial charge is 0.347 e. The Labute approximate surface area is 164 Å². The highest BCUT2D eigenvalue weighted by Gasteiger charge is 2.14. The van der Waals surface area contributed by atoms with E-state index in [4.69, 9.17) is 4.42 Å². The minimum atomic E-state index is -0.448. The van der Waals surface area contributed by atoms with E-state index in [0.717, 1.165) is 0 Å². The Morgan fingerprint density at radius 1 is 1.04 bits per heavy atom. The van der Waals surface area contributed by atoms with E-state index in [-0.39, 0.29) is 11.7 Å². The van der Waals surface area contributed by atoms with Crippen LogP contribution in [-0.4, -0.2) is 21.5 Å². The first-order valence-corrected chi connectivity index (χ1v) is 9.42. The number of hydrogen-bond donors (Lipinski definition) is 0. The fourth-order valence-corrected chi connectivity index (χ4v) is 3.51. The van der Waals surface area contributed by atoms with Crippen molar-refractivity contribution in [2.75, 3.05) is 0 Å². The Morgan fingerprint density at radius 2 is 1.79 bits per heavy atom. The number of carbonyl (C=O) groups is 1. The van der Waals surface area contributed by atoms with E-state index in [0.29, 0.717) is 38.6 Å². The Hall–Kier alpha value is -3.45. The molecule has 0 saturated carbocycles. The number of thiazole rings is 1. The molecule has 0 saturated heterocycles. The molecule has 0 amide bonds. The minimum absolute atomic E-state index is 0.0471. The molecule has 0 fully saturated rings. The summed E-state index contributed by atoms with van der Waals surface area (Å²) in [4.78, 5) is 37.4. The molecule has 0 unspecified atom stereocenters. The molecule has 6 nitrogen and oxygen atoms in total. The highest BCUT2D eigenvalue weighted by molar-refractivity contribution is 7.12. The third-order valence-electron chi connectivity index (χ3n) is 4.14. The van der Waals surface area contributed by atoms with Crippen molar-refractivity contribution in [1.82, 2.24) is 9.97 Å². The summed E-state index contributed by atoms with van der Waals surface area (Å²) in [6.45, 7) is 3.34. The van der Waals surface area contributed by atoms with Crippen LogP contribution in [0.2, 0.25) is 0 Å². The van der Waals surface area contributed by atoms with Crippen LogP contribution in [0.4, 0.5) is 5.69 Å². The Bertz CT molecular complexity index is 1290. The zero-order chi connectivity index (χ0) is 19.7. The number of nitrogens with zero attached hydrogens (tertiary/aromatic N) is 3. The van der Waals surface area contributed by atoms with E-state index in [1.165, 1.54) is 18.3 Å². The summed E-state index contributed by atoms with van der Waals surface area (Å²) in [5.41, 5.74) is 2.39. The first-order chi connectivity index (χ1) is 13.5. The Morgan fingerprint density at radius 3 is 2.61 bits per heavy atom. The molecule has 0 aliphatic carbocycles. The summed E-state index contributed by atoms with van der Waals surface area (Å²) in [5.74, 6) is 0.122. The molecule has 2 heterocycles. The van der Waals surface area contributed by atoms with Gasteiger partial charge in [-0.1, -0.05) is 24.3 Å². The van der Waals surface area contributed by atoms with Crippen molar-refractivity contribution >= 4 is 39.4 Å².